The van der Waals surface area contributed by atoms with Crippen LogP contribution in [0.4, 0.5) is 0 Å². The van der Waals surface area contributed by atoms with E-state index >= 15 is 0 Å². The van der Waals surface area contributed by atoms with E-state index in [1.54, 1.807) is 6.07 Å². The number of aryl methyl sites for hydroxylation is 1. The van der Waals surface area contributed by atoms with Crippen molar-refractivity contribution in [1.29, 1.82) is 0 Å². The highest BCUT2D eigenvalue weighted by atomic mass is 32.1. The van der Waals surface area contributed by atoms with Crippen LogP contribution in [0.15, 0.2) is 41.2 Å². The first-order chi connectivity index (χ1) is 17.9. The summed E-state index contributed by atoms with van der Waals surface area (Å²) in [6.45, 7) is 6.39. The van der Waals surface area contributed by atoms with Crippen LogP contribution < -0.4 is 10.6 Å². The van der Waals surface area contributed by atoms with Gasteiger partial charge in [-0.15, -0.1) is 0 Å². The molecule has 1 aliphatic rings. The predicted molar refractivity (Wildman–Crippen MR) is 151 cm³/mol. The van der Waals surface area contributed by atoms with Crippen LogP contribution in [-0.4, -0.2) is 64.6 Å². The zero-order valence-electron chi connectivity index (χ0n) is 21.9. The number of carbonyl (C=O) groups excluding carboxylic acids is 1. The number of thiazole rings is 1. The van der Waals surface area contributed by atoms with Crippen LogP contribution in [0.2, 0.25) is 0 Å². The molecule has 0 aliphatic heterocycles. The number of hydrogen-bond donors (Lipinski definition) is 3. The Balaban J connectivity index is 1.43. The van der Waals surface area contributed by atoms with Crippen molar-refractivity contribution in [1.82, 2.24) is 14.8 Å². The van der Waals surface area contributed by atoms with E-state index in [0.717, 1.165) is 49.3 Å². The number of fused-ring (bicyclic) bond motifs is 1. The van der Waals surface area contributed by atoms with E-state index in [1.807, 2.05) is 6.07 Å². The molecule has 0 bridgehead atoms. The van der Waals surface area contributed by atoms with Crippen molar-refractivity contribution in [3.8, 4) is 5.75 Å². The van der Waals surface area contributed by atoms with E-state index in [9.17, 15) is 14.7 Å². The molecule has 4 rings (SSSR count). The lowest BCUT2D eigenvalue weighted by atomic mass is 9.93. The predicted octanol–water partition coefficient (Wildman–Crippen LogP) is 4.20. The summed E-state index contributed by atoms with van der Waals surface area (Å²) in [4.78, 5) is 31.1. The Labute approximate surface area is 223 Å². The van der Waals surface area contributed by atoms with E-state index in [2.05, 4.69) is 46.0 Å². The Bertz CT molecular complexity index is 1210. The van der Waals surface area contributed by atoms with Gasteiger partial charge in [-0.05, 0) is 49.8 Å². The van der Waals surface area contributed by atoms with Gasteiger partial charge in [-0.3, -0.25) is 14.5 Å². The Morgan fingerprint density at radius 2 is 1.76 bits per heavy atom. The maximum Gasteiger partial charge on any atom is 0.305 e. The molecule has 37 heavy (non-hydrogen) atoms. The first kappa shape index (κ1) is 27.4. The fourth-order valence-electron chi connectivity index (χ4n) is 5.37. The second kappa shape index (κ2) is 13.2. The van der Waals surface area contributed by atoms with Gasteiger partial charge < -0.3 is 20.7 Å². The summed E-state index contributed by atoms with van der Waals surface area (Å²) >= 11 is 1.17. The third-order valence-corrected chi connectivity index (χ3v) is 8.57. The second-order valence-corrected chi connectivity index (χ2v) is 11.3. The Kier molecular flexibility index (Phi) is 9.77. The molecule has 0 atom stereocenters. The SMILES string of the molecule is Cc1ccc(CCN(CCC(N)=O)CCN(CCc2ccc(O)c3[nH]c(=O)sc23)C2CCCCC2)cc1. The first-order valence-corrected chi connectivity index (χ1v) is 14.3. The van der Waals surface area contributed by atoms with Crippen molar-refractivity contribution in [2.75, 3.05) is 32.7 Å². The molecule has 0 saturated heterocycles. The molecule has 1 heterocycles. The molecule has 7 nitrogen and oxygen atoms in total. The minimum atomic E-state index is -0.258. The lowest BCUT2D eigenvalue weighted by molar-refractivity contribution is -0.118. The van der Waals surface area contributed by atoms with E-state index in [4.69, 9.17) is 5.73 Å². The van der Waals surface area contributed by atoms with E-state index in [1.165, 1.54) is 54.6 Å². The van der Waals surface area contributed by atoms with E-state index in [0.29, 0.717) is 24.5 Å². The molecule has 3 aromatic rings. The summed E-state index contributed by atoms with van der Waals surface area (Å²) in [7, 11) is 0. The van der Waals surface area contributed by atoms with Crippen molar-refractivity contribution >= 4 is 27.5 Å². The minimum absolute atomic E-state index is 0.125. The topological polar surface area (TPSA) is 103 Å². The summed E-state index contributed by atoms with van der Waals surface area (Å²) < 4.78 is 0.856. The summed E-state index contributed by atoms with van der Waals surface area (Å²) in [6.07, 6.45) is 8.41. The number of phenolic OH excluding ortho intramolecular Hbond substituents is 1. The normalized spacial score (nSPS) is 14.7. The van der Waals surface area contributed by atoms with Crippen LogP contribution >= 0.6 is 11.3 Å². The molecule has 1 saturated carbocycles. The number of amides is 1. The fourth-order valence-corrected chi connectivity index (χ4v) is 6.27. The molecular formula is C29H40N4O3S. The molecule has 1 fully saturated rings. The Morgan fingerprint density at radius 1 is 1.00 bits per heavy atom. The molecule has 4 N–H and O–H groups in total. The van der Waals surface area contributed by atoms with Gasteiger partial charge in [0.2, 0.25) is 5.91 Å². The van der Waals surface area contributed by atoms with Crippen molar-refractivity contribution in [3.63, 3.8) is 0 Å². The number of H-pyrrole nitrogens is 1. The summed E-state index contributed by atoms with van der Waals surface area (Å²) in [6, 6.07) is 12.8. The van der Waals surface area contributed by atoms with Crippen LogP contribution in [0.5, 0.6) is 5.75 Å². The largest absolute Gasteiger partial charge is 0.506 e. The van der Waals surface area contributed by atoms with Gasteiger partial charge in [-0.2, -0.15) is 0 Å². The smallest absolute Gasteiger partial charge is 0.305 e. The first-order valence-electron chi connectivity index (χ1n) is 13.5. The third-order valence-electron chi connectivity index (χ3n) is 7.61. The maximum absolute atomic E-state index is 11.9. The number of primary amides is 1. The molecule has 1 aromatic heterocycles. The van der Waals surface area contributed by atoms with Crippen molar-refractivity contribution in [2.45, 2.75) is 64.3 Å². The van der Waals surface area contributed by atoms with Gasteiger partial charge in [0.05, 0.1) is 4.70 Å². The highest BCUT2D eigenvalue weighted by Crippen LogP contribution is 2.29. The number of aromatic amines is 1. The number of benzene rings is 2. The second-order valence-electron chi connectivity index (χ2n) is 10.3. The van der Waals surface area contributed by atoms with Gasteiger partial charge in [0.15, 0.2) is 0 Å². The molecule has 1 aliphatic carbocycles. The lowest BCUT2D eigenvalue weighted by Gasteiger charge is -2.36. The lowest BCUT2D eigenvalue weighted by Crippen LogP contribution is -2.44. The Hall–Kier alpha value is -2.68. The summed E-state index contributed by atoms with van der Waals surface area (Å²) in [5.74, 6) is -0.133. The number of nitrogens with one attached hydrogen (secondary N) is 1. The number of phenols is 1. The van der Waals surface area contributed by atoms with Crippen molar-refractivity contribution in [3.05, 3.63) is 62.8 Å². The number of nitrogens with two attached hydrogens (primary N) is 1. The average molecular weight is 525 g/mol. The summed E-state index contributed by atoms with van der Waals surface area (Å²) in [5, 5.41) is 10.2. The van der Waals surface area contributed by atoms with E-state index < -0.39 is 0 Å². The van der Waals surface area contributed by atoms with Crippen LogP contribution in [0.1, 0.15) is 55.2 Å². The van der Waals surface area contributed by atoms with Gasteiger partial charge >= 0.3 is 4.87 Å². The van der Waals surface area contributed by atoms with Gasteiger partial charge in [-0.1, -0.05) is 66.5 Å². The number of aromatic hydroxyl groups is 1. The van der Waals surface area contributed by atoms with Gasteiger partial charge in [0.25, 0.3) is 0 Å². The molecule has 200 valence electrons. The van der Waals surface area contributed by atoms with E-state index in [-0.39, 0.29) is 16.5 Å². The Morgan fingerprint density at radius 3 is 2.49 bits per heavy atom. The molecule has 8 heteroatoms. The van der Waals surface area contributed by atoms with Gasteiger partial charge in [-0.25, -0.2) is 0 Å². The average Bonchev–Trinajstić information content (AvgIpc) is 3.30. The molecular weight excluding hydrogens is 484 g/mol. The van der Waals surface area contributed by atoms with Crippen molar-refractivity contribution < 1.29 is 9.90 Å². The number of hydrogen-bond acceptors (Lipinski definition) is 6. The zero-order valence-corrected chi connectivity index (χ0v) is 22.7. The molecule has 2 aromatic carbocycles. The maximum atomic E-state index is 11.9. The monoisotopic (exact) mass is 524 g/mol. The van der Waals surface area contributed by atoms with Gasteiger partial charge in [0.1, 0.15) is 11.3 Å². The standard InChI is InChI=1S/C29H40N4O3S/c1-21-7-9-22(10-8-21)13-16-32(17-15-26(30)35)19-20-33(24-5-3-2-4-6-24)18-14-23-11-12-25(34)27-28(23)37-29(36)31-27/h7-12,24,34H,2-6,13-20H2,1H3,(H2,30,35)(H,31,36). The van der Waals surface area contributed by atoms with Gasteiger partial charge in [0, 0.05) is 45.2 Å². The van der Waals surface area contributed by atoms with Crippen LogP contribution in [0, 0.1) is 6.92 Å². The number of rotatable bonds is 13. The van der Waals surface area contributed by atoms with Crippen LogP contribution in [-0.2, 0) is 17.6 Å². The molecule has 0 unspecified atom stereocenters. The summed E-state index contributed by atoms with van der Waals surface area (Å²) in [5.41, 5.74) is 9.70. The number of nitrogens with zero attached hydrogens (tertiary/aromatic N) is 2. The highest BCUT2D eigenvalue weighted by molar-refractivity contribution is 7.16. The zero-order chi connectivity index (χ0) is 26.2. The molecule has 0 spiro atoms. The number of carbonyl (C=O) groups is 1. The minimum Gasteiger partial charge on any atom is -0.506 e. The van der Waals surface area contributed by atoms with Crippen LogP contribution in [0.25, 0.3) is 10.2 Å². The highest BCUT2D eigenvalue weighted by Gasteiger charge is 2.22. The third kappa shape index (κ3) is 7.90. The fraction of sp³-hybridized carbons (Fsp3) is 0.517. The quantitative estimate of drug-likeness (QED) is 0.311. The number of aromatic nitrogens is 1. The van der Waals surface area contributed by atoms with Crippen LogP contribution in [0.3, 0.4) is 0 Å². The van der Waals surface area contributed by atoms with Crippen molar-refractivity contribution in [2.24, 2.45) is 5.73 Å². The molecule has 1 amide bonds. The molecule has 0 radical (unpaired) electrons.